The number of carboxylic acids is 1. The van der Waals surface area contributed by atoms with E-state index in [1.165, 1.54) is 0 Å². The average Bonchev–Trinajstić information content (AvgIpc) is 2.43. The number of carboxylic acid groups (broad SMARTS) is 1. The second-order valence-corrected chi connectivity index (χ2v) is 4.40. The second-order valence-electron chi connectivity index (χ2n) is 4.40. The van der Waals surface area contributed by atoms with Crippen molar-refractivity contribution >= 4 is 11.9 Å². The van der Waals surface area contributed by atoms with E-state index in [0.29, 0.717) is 12.8 Å². The Balaban J connectivity index is 2.66. The maximum atomic E-state index is 12.0. The van der Waals surface area contributed by atoms with Crippen molar-refractivity contribution in [2.24, 2.45) is 0 Å². The Bertz CT molecular complexity index is 442. The van der Waals surface area contributed by atoms with Crippen LogP contribution in [-0.4, -0.2) is 23.0 Å². The zero-order valence-electron chi connectivity index (χ0n) is 11.0. The molecule has 1 amide bonds. The van der Waals surface area contributed by atoms with Gasteiger partial charge in [0.2, 0.25) is 5.91 Å². The number of rotatable bonds is 7. The predicted molar refractivity (Wildman–Crippen MR) is 73.9 cm³/mol. The summed E-state index contributed by atoms with van der Waals surface area (Å²) in [6.45, 7) is 5.31. The van der Waals surface area contributed by atoms with Crippen LogP contribution in [0.3, 0.4) is 0 Å². The zero-order valence-corrected chi connectivity index (χ0v) is 11.0. The molecule has 0 aromatic heterocycles. The van der Waals surface area contributed by atoms with E-state index >= 15 is 0 Å². The van der Waals surface area contributed by atoms with E-state index in [0.717, 1.165) is 5.56 Å². The lowest BCUT2D eigenvalue weighted by Gasteiger charge is -2.17. The van der Waals surface area contributed by atoms with Crippen LogP contribution in [0.15, 0.2) is 43.0 Å². The van der Waals surface area contributed by atoms with Crippen molar-refractivity contribution in [3.05, 3.63) is 48.6 Å². The van der Waals surface area contributed by atoms with Crippen molar-refractivity contribution in [2.45, 2.75) is 31.7 Å². The Kier molecular flexibility index (Phi) is 5.79. The fourth-order valence-electron chi connectivity index (χ4n) is 1.73. The molecule has 0 fully saturated rings. The van der Waals surface area contributed by atoms with E-state index in [-0.39, 0.29) is 11.8 Å². The smallest absolute Gasteiger partial charge is 0.326 e. The number of carbonyl (C=O) groups is 2. The van der Waals surface area contributed by atoms with Crippen LogP contribution in [0.4, 0.5) is 0 Å². The number of aliphatic carboxylic acids is 1. The van der Waals surface area contributed by atoms with Gasteiger partial charge in [0.25, 0.3) is 0 Å². The van der Waals surface area contributed by atoms with E-state index in [1.54, 1.807) is 13.0 Å². The van der Waals surface area contributed by atoms with Crippen LogP contribution >= 0.6 is 0 Å². The first kappa shape index (κ1) is 15.0. The summed E-state index contributed by atoms with van der Waals surface area (Å²) in [6.07, 6.45) is 2.55. The highest BCUT2D eigenvalue weighted by atomic mass is 16.4. The molecule has 0 aliphatic carbocycles. The molecule has 0 spiro atoms. The molecular weight excluding hydrogens is 242 g/mol. The second kappa shape index (κ2) is 7.36. The van der Waals surface area contributed by atoms with Crippen LogP contribution < -0.4 is 5.32 Å². The maximum absolute atomic E-state index is 12.0. The van der Waals surface area contributed by atoms with Gasteiger partial charge in [-0.25, -0.2) is 4.79 Å². The van der Waals surface area contributed by atoms with Crippen molar-refractivity contribution in [1.82, 2.24) is 5.32 Å². The Morgan fingerprint density at radius 3 is 2.53 bits per heavy atom. The largest absolute Gasteiger partial charge is 0.480 e. The molecule has 1 aromatic rings. The molecule has 0 heterocycles. The van der Waals surface area contributed by atoms with Gasteiger partial charge in [-0.2, -0.15) is 0 Å². The summed E-state index contributed by atoms with van der Waals surface area (Å²) in [6, 6.07) is 8.42. The van der Waals surface area contributed by atoms with E-state index in [9.17, 15) is 9.59 Å². The average molecular weight is 261 g/mol. The number of nitrogens with one attached hydrogen (secondary N) is 1. The molecule has 2 atom stereocenters. The summed E-state index contributed by atoms with van der Waals surface area (Å²) in [5.74, 6) is -1.66. The SMILES string of the molecule is C=CCCC(NC(=O)[C@@H](C)c1ccccc1)C(=O)O. The molecule has 4 heteroatoms. The van der Waals surface area contributed by atoms with Crippen molar-refractivity contribution < 1.29 is 14.7 Å². The molecule has 1 rings (SSSR count). The Labute approximate surface area is 113 Å². The molecule has 0 saturated carbocycles. The Morgan fingerprint density at radius 2 is 2.00 bits per heavy atom. The minimum atomic E-state index is -1.02. The van der Waals surface area contributed by atoms with Gasteiger partial charge in [-0.3, -0.25) is 4.79 Å². The third-order valence-electron chi connectivity index (χ3n) is 2.97. The first-order valence-corrected chi connectivity index (χ1v) is 6.25. The lowest BCUT2D eigenvalue weighted by atomic mass is 10.00. The van der Waals surface area contributed by atoms with E-state index in [1.807, 2.05) is 30.3 Å². The number of hydrogen-bond donors (Lipinski definition) is 2. The van der Waals surface area contributed by atoms with E-state index in [2.05, 4.69) is 11.9 Å². The van der Waals surface area contributed by atoms with Crippen LogP contribution in [0.25, 0.3) is 0 Å². The van der Waals surface area contributed by atoms with Gasteiger partial charge in [0, 0.05) is 0 Å². The van der Waals surface area contributed by atoms with Crippen LogP contribution in [0.1, 0.15) is 31.2 Å². The van der Waals surface area contributed by atoms with Crippen LogP contribution in [-0.2, 0) is 9.59 Å². The first-order valence-electron chi connectivity index (χ1n) is 6.25. The van der Waals surface area contributed by atoms with Crippen LogP contribution in [0, 0.1) is 0 Å². The van der Waals surface area contributed by atoms with Gasteiger partial charge in [-0.1, -0.05) is 36.4 Å². The van der Waals surface area contributed by atoms with Gasteiger partial charge in [-0.15, -0.1) is 6.58 Å². The number of amides is 1. The molecule has 19 heavy (non-hydrogen) atoms. The summed E-state index contributed by atoms with van der Waals surface area (Å²) >= 11 is 0. The Morgan fingerprint density at radius 1 is 1.37 bits per heavy atom. The number of carbonyl (C=O) groups excluding carboxylic acids is 1. The summed E-state index contributed by atoms with van der Waals surface area (Å²) in [5.41, 5.74) is 0.868. The van der Waals surface area contributed by atoms with E-state index < -0.39 is 12.0 Å². The molecule has 1 aromatic carbocycles. The molecule has 0 aliphatic rings. The maximum Gasteiger partial charge on any atom is 0.326 e. The van der Waals surface area contributed by atoms with Gasteiger partial charge < -0.3 is 10.4 Å². The molecule has 0 radical (unpaired) electrons. The molecular formula is C15H19NO3. The van der Waals surface area contributed by atoms with Gasteiger partial charge in [-0.05, 0) is 25.3 Å². The predicted octanol–water partition coefficient (Wildman–Crippen LogP) is 2.33. The molecule has 0 aliphatic heterocycles. The van der Waals surface area contributed by atoms with Gasteiger partial charge >= 0.3 is 5.97 Å². The quantitative estimate of drug-likeness (QED) is 0.740. The normalized spacial score (nSPS) is 13.3. The lowest BCUT2D eigenvalue weighted by Crippen LogP contribution is -2.42. The highest BCUT2D eigenvalue weighted by molar-refractivity contribution is 5.87. The molecule has 102 valence electrons. The first-order chi connectivity index (χ1) is 9.06. The van der Waals surface area contributed by atoms with Crippen molar-refractivity contribution in [3.8, 4) is 0 Å². The third-order valence-corrected chi connectivity index (χ3v) is 2.97. The standard InChI is InChI=1S/C15H19NO3/c1-3-4-10-13(15(18)19)16-14(17)11(2)12-8-6-5-7-9-12/h3,5-9,11,13H,1,4,10H2,2H3,(H,16,17)(H,18,19)/t11-,13?/m0/s1. The zero-order chi connectivity index (χ0) is 14.3. The van der Waals surface area contributed by atoms with Crippen molar-refractivity contribution in [2.75, 3.05) is 0 Å². The van der Waals surface area contributed by atoms with Crippen LogP contribution in [0.5, 0.6) is 0 Å². The minimum Gasteiger partial charge on any atom is -0.480 e. The van der Waals surface area contributed by atoms with Crippen molar-refractivity contribution in [3.63, 3.8) is 0 Å². The Hall–Kier alpha value is -2.10. The topological polar surface area (TPSA) is 66.4 Å². The third kappa shape index (κ3) is 4.58. The molecule has 0 saturated heterocycles. The molecule has 1 unspecified atom stereocenters. The minimum absolute atomic E-state index is 0.275. The highest BCUT2D eigenvalue weighted by Gasteiger charge is 2.22. The number of benzene rings is 1. The fraction of sp³-hybridized carbons (Fsp3) is 0.333. The highest BCUT2D eigenvalue weighted by Crippen LogP contribution is 2.15. The molecule has 0 bridgehead atoms. The molecule has 2 N–H and O–H groups in total. The summed E-state index contributed by atoms with van der Waals surface area (Å²) in [7, 11) is 0. The monoisotopic (exact) mass is 261 g/mol. The number of hydrogen-bond acceptors (Lipinski definition) is 2. The number of allylic oxidation sites excluding steroid dienone is 1. The lowest BCUT2D eigenvalue weighted by molar-refractivity contribution is -0.142. The summed E-state index contributed by atoms with van der Waals surface area (Å²) in [5, 5.41) is 11.6. The van der Waals surface area contributed by atoms with Crippen LogP contribution in [0.2, 0.25) is 0 Å². The summed E-state index contributed by atoms with van der Waals surface area (Å²) in [4.78, 5) is 23.1. The molecule has 4 nitrogen and oxygen atoms in total. The van der Waals surface area contributed by atoms with E-state index in [4.69, 9.17) is 5.11 Å². The van der Waals surface area contributed by atoms with Crippen molar-refractivity contribution in [1.29, 1.82) is 0 Å². The van der Waals surface area contributed by atoms with Gasteiger partial charge in [0.15, 0.2) is 0 Å². The van der Waals surface area contributed by atoms with Gasteiger partial charge in [0.05, 0.1) is 5.92 Å². The fourth-order valence-corrected chi connectivity index (χ4v) is 1.73. The summed E-state index contributed by atoms with van der Waals surface area (Å²) < 4.78 is 0. The van der Waals surface area contributed by atoms with Gasteiger partial charge in [0.1, 0.15) is 6.04 Å².